The van der Waals surface area contributed by atoms with Gasteiger partial charge in [-0.15, -0.1) is 0 Å². The summed E-state index contributed by atoms with van der Waals surface area (Å²) in [5.41, 5.74) is -0.346. The first-order valence-electron chi connectivity index (χ1n) is 8.25. The summed E-state index contributed by atoms with van der Waals surface area (Å²) in [7, 11) is 0. The average molecular weight is 332 g/mol. The molecule has 1 aliphatic rings. The molecular formula is C18H21FN2O3. The topological polar surface area (TPSA) is 61.2 Å². The molecule has 6 heteroatoms. The molecule has 0 spiro atoms. The summed E-state index contributed by atoms with van der Waals surface area (Å²) in [4.78, 5) is 24.3. The van der Waals surface area contributed by atoms with Gasteiger partial charge in [0.05, 0.1) is 17.7 Å². The van der Waals surface area contributed by atoms with Gasteiger partial charge in [0.2, 0.25) is 0 Å². The molecule has 1 aromatic carbocycles. The van der Waals surface area contributed by atoms with Crippen molar-refractivity contribution in [2.75, 3.05) is 6.61 Å². The Morgan fingerprint density at radius 1 is 1.38 bits per heavy atom. The lowest BCUT2D eigenvalue weighted by Crippen LogP contribution is -2.29. The van der Waals surface area contributed by atoms with Crippen LogP contribution in [0, 0.1) is 0 Å². The zero-order valence-electron chi connectivity index (χ0n) is 14.1. The van der Waals surface area contributed by atoms with Crippen molar-refractivity contribution in [2.24, 2.45) is 0 Å². The van der Waals surface area contributed by atoms with E-state index in [1.165, 1.54) is 0 Å². The molecule has 2 aromatic rings. The number of benzene rings is 1. The van der Waals surface area contributed by atoms with Gasteiger partial charge in [-0.05, 0) is 43.4 Å². The molecule has 0 N–H and O–H groups in total. The molecule has 0 amide bonds. The van der Waals surface area contributed by atoms with Crippen LogP contribution in [0.3, 0.4) is 0 Å². The van der Waals surface area contributed by atoms with Crippen molar-refractivity contribution < 1.29 is 13.9 Å². The van der Waals surface area contributed by atoms with E-state index in [4.69, 9.17) is 4.74 Å². The summed E-state index contributed by atoms with van der Waals surface area (Å²) in [6, 6.07) is 5.04. The minimum atomic E-state index is -1.26. The monoisotopic (exact) mass is 332 g/mol. The standard InChI is InChI=1S/C18H21FN2O3/c1-4-24-15(22)10-21-17(23)13-6-5-12(18(19)7-8-18)9-14(13)16(20-21)11(2)3/h5-6,9,11H,4,7-8,10H2,1-3H3. The third-order valence-corrected chi connectivity index (χ3v) is 4.33. The van der Waals surface area contributed by atoms with Crippen LogP contribution in [0.2, 0.25) is 0 Å². The van der Waals surface area contributed by atoms with Gasteiger partial charge in [-0.25, -0.2) is 9.07 Å². The summed E-state index contributed by atoms with van der Waals surface area (Å²) in [6.07, 6.45) is 1.03. The maximum Gasteiger partial charge on any atom is 0.327 e. The molecule has 1 fully saturated rings. The number of alkyl halides is 1. The van der Waals surface area contributed by atoms with Crippen molar-refractivity contribution >= 4 is 16.7 Å². The SMILES string of the molecule is CCOC(=O)Cn1nc(C(C)C)c2cc(C3(F)CC3)ccc2c1=O. The number of esters is 1. The third-order valence-electron chi connectivity index (χ3n) is 4.33. The number of hydrogen-bond donors (Lipinski definition) is 0. The van der Waals surface area contributed by atoms with Crippen LogP contribution in [0.15, 0.2) is 23.0 Å². The molecule has 128 valence electrons. The number of ether oxygens (including phenoxy) is 1. The van der Waals surface area contributed by atoms with Crippen molar-refractivity contribution in [1.29, 1.82) is 0 Å². The fraction of sp³-hybridized carbons (Fsp3) is 0.500. The Bertz CT molecular complexity index is 853. The molecule has 3 rings (SSSR count). The van der Waals surface area contributed by atoms with Gasteiger partial charge in [0.1, 0.15) is 12.2 Å². The third kappa shape index (κ3) is 2.92. The lowest BCUT2D eigenvalue weighted by molar-refractivity contribution is -0.144. The smallest absolute Gasteiger partial charge is 0.327 e. The Morgan fingerprint density at radius 2 is 2.08 bits per heavy atom. The van der Waals surface area contributed by atoms with Crippen molar-refractivity contribution in [3.63, 3.8) is 0 Å². The average Bonchev–Trinajstić information content (AvgIpc) is 3.28. The minimum Gasteiger partial charge on any atom is -0.465 e. The normalized spacial score (nSPS) is 15.7. The summed E-state index contributed by atoms with van der Waals surface area (Å²) in [5, 5.41) is 5.46. The first-order chi connectivity index (χ1) is 11.4. The zero-order valence-corrected chi connectivity index (χ0v) is 14.1. The highest BCUT2D eigenvalue weighted by atomic mass is 19.1. The summed E-state index contributed by atoms with van der Waals surface area (Å²) in [6.45, 7) is 5.64. The Balaban J connectivity index is 2.14. The van der Waals surface area contributed by atoms with Gasteiger partial charge in [-0.1, -0.05) is 19.9 Å². The van der Waals surface area contributed by atoms with E-state index in [1.807, 2.05) is 13.8 Å². The van der Waals surface area contributed by atoms with E-state index >= 15 is 0 Å². The molecule has 5 nitrogen and oxygen atoms in total. The van der Waals surface area contributed by atoms with Gasteiger partial charge >= 0.3 is 5.97 Å². The number of fused-ring (bicyclic) bond motifs is 1. The number of aromatic nitrogens is 2. The second kappa shape index (κ2) is 6.00. The van der Waals surface area contributed by atoms with E-state index in [0.29, 0.717) is 34.9 Å². The zero-order chi connectivity index (χ0) is 17.5. The fourth-order valence-corrected chi connectivity index (χ4v) is 2.85. The highest BCUT2D eigenvalue weighted by molar-refractivity contribution is 5.85. The van der Waals surface area contributed by atoms with E-state index in [-0.39, 0.29) is 24.6 Å². The number of carbonyl (C=O) groups excluding carboxylic acids is 1. The van der Waals surface area contributed by atoms with Crippen LogP contribution in [0.1, 0.15) is 50.8 Å². The van der Waals surface area contributed by atoms with E-state index < -0.39 is 11.6 Å². The van der Waals surface area contributed by atoms with Crippen LogP contribution in [-0.2, 0) is 21.7 Å². The Morgan fingerprint density at radius 3 is 2.67 bits per heavy atom. The van der Waals surface area contributed by atoms with Crippen molar-refractivity contribution in [3.05, 3.63) is 39.8 Å². The van der Waals surface area contributed by atoms with Crippen molar-refractivity contribution in [3.8, 4) is 0 Å². The molecule has 0 saturated heterocycles. The second-order valence-corrected chi connectivity index (χ2v) is 6.53. The van der Waals surface area contributed by atoms with Crippen LogP contribution in [0.4, 0.5) is 4.39 Å². The van der Waals surface area contributed by atoms with Crippen molar-refractivity contribution in [2.45, 2.75) is 51.7 Å². The fourth-order valence-electron chi connectivity index (χ4n) is 2.85. The lowest BCUT2D eigenvalue weighted by atomic mass is 9.99. The summed E-state index contributed by atoms with van der Waals surface area (Å²) in [5.74, 6) is -0.468. The highest BCUT2D eigenvalue weighted by Crippen LogP contribution is 2.50. The minimum absolute atomic E-state index is 0.0339. The van der Waals surface area contributed by atoms with Gasteiger partial charge in [-0.2, -0.15) is 5.10 Å². The summed E-state index contributed by atoms with van der Waals surface area (Å²) < 4.78 is 20.4. The first-order valence-corrected chi connectivity index (χ1v) is 8.25. The highest BCUT2D eigenvalue weighted by Gasteiger charge is 2.45. The molecular weight excluding hydrogens is 311 g/mol. The van der Waals surface area contributed by atoms with E-state index in [2.05, 4.69) is 5.10 Å². The van der Waals surface area contributed by atoms with Gasteiger partial charge in [0.25, 0.3) is 5.56 Å². The molecule has 1 saturated carbocycles. The Hall–Kier alpha value is -2.24. The van der Waals surface area contributed by atoms with E-state index in [1.54, 1.807) is 25.1 Å². The number of nitrogens with zero attached hydrogens (tertiary/aromatic N) is 2. The van der Waals surface area contributed by atoms with Gasteiger partial charge in [-0.3, -0.25) is 9.59 Å². The van der Waals surface area contributed by atoms with Gasteiger partial charge in [0.15, 0.2) is 0 Å². The molecule has 0 atom stereocenters. The van der Waals surface area contributed by atoms with Crippen LogP contribution in [0.25, 0.3) is 10.8 Å². The largest absolute Gasteiger partial charge is 0.465 e. The molecule has 24 heavy (non-hydrogen) atoms. The van der Waals surface area contributed by atoms with Gasteiger partial charge < -0.3 is 4.74 Å². The number of hydrogen-bond acceptors (Lipinski definition) is 4. The predicted molar refractivity (Wildman–Crippen MR) is 88.7 cm³/mol. The van der Waals surface area contributed by atoms with Crippen LogP contribution in [-0.4, -0.2) is 22.4 Å². The first kappa shape index (κ1) is 16.6. The Kier molecular flexibility index (Phi) is 4.15. The van der Waals surface area contributed by atoms with Crippen LogP contribution in [0.5, 0.6) is 0 Å². The quantitative estimate of drug-likeness (QED) is 0.790. The van der Waals surface area contributed by atoms with Gasteiger partial charge in [0, 0.05) is 5.39 Å². The van der Waals surface area contributed by atoms with E-state index in [9.17, 15) is 14.0 Å². The second-order valence-electron chi connectivity index (χ2n) is 6.53. The van der Waals surface area contributed by atoms with Crippen LogP contribution < -0.4 is 5.56 Å². The molecule has 0 unspecified atom stereocenters. The molecule has 0 bridgehead atoms. The molecule has 0 radical (unpaired) electrons. The lowest BCUT2D eigenvalue weighted by Gasteiger charge is -2.14. The Labute approximate surface area is 139 Å². The number of carbonyl (C=O) groups is 1. The number of rotatable bonds is 5. The molecule has 1 heterocycles. The molecule has 1 aromatic heterocycles. The maximum atomic E-state index is 14.4. The summed E-state index contributed by atoms with van der Waals surface area (Å²) >= 11 is 0. The maximum absolute atomic E-state index is 14.4. The molecule has 0 aliphatic heterocycles. The van der Waals surface area contributed by atoms with Crippen molar-refractivity contribution in [1.82, 2.24) is 9.78 Å². The predicted octanol–water partition coefficient (Wildman–Crippen LogP) is 3.04. The van der Waals surface area contributed by atoms with E-state index in [0.717, 1.165) is 4.68 Å². The molecule has 1 aliphatic carbocycles. The number of halogens is 1. The van der Waals surface area contributed by atoms with Crippen LogP contribution >= 0.6 is 0 Å².